The fourth-order valence-electron chi connectivity index (χ4n) is 4.14. The van der Waals surface area contributed by atoms with Crippen molar-refractivity contribution in [1.29, 1.82) is 0 Å². The van der Waals surface area contributed by atoms with Gasteiger partial charge in [0.05, 0.1) is 26.7 Å². The smallest absolute Gasteiger partial charge is 0.261 e. The van der Waals surface area contributed by atoms with Gasteiger partial charge in [0.1, 0.15) is 5.82 Å². The predicted molar refractivity (Wildman–Crippen MR) is 152 cm³/mol. The highest BCUT2D eigenvalue weighted by molar-refractivity contribution is 7.89. The van der Waals surface area contributed by atoms with E-state index < -0.39 is 26.1 Å². The Bertz CT molecular complexity index is 1760. The number of halogens is 2. The summed E-state index contributed by atoms with van der Waals surface area (Å²) in [4.78, 5) is 17.7. The highest BCUT2D eigenvalue weighted by atomic mass is 35.5. The average molecular weight is 610 g/mol. The van der Waals surface area contributed by atoms with Gasteiger partial charge in [-0.2, -0.15) is 4.31 Å². The topological polar surface area (TPSA) is 118 Å². The van der Waals surface area contributed by atoms with Crippen molar-refractivity contribution in [2.45, 2.75) is 29.2 Å². The average Bonchev–Trinajstić information content (AvgIpc) is 2.90. The van der Waals surface area contributed by atoms with E-state index in [1.165, 1.54) is 57.4 Å². The third kappa shape index (κ3) is 6.34. The molecule has 0 aliphatic rings. The van der Waals surface area contributed by atoms with Gasteiger partial charge in [-0.3, -0.25) is 9.36 Å². The lowest BCUT2D eigenvalue weighted by Gasteiger charge is -2.29. The SMILES string of the molecule is CC(c1nc2ccccc2c(=O)n1C)N(CCCNS(=O)(=O)c1ccc(Cl)cc1)S(=O)(=O)c1ccc(Cl)cc1. The van der Waals surface area contributed by atoms with E-state index in [9.17, 15) is 21.6 Å². The van der Waals surface area contributed by atoms with Crippen molar-refractivity contribution >= 4 is 54.2 Å². The lowest BCUT2D eigenvalue weighted by atomic mass is 10.2. The molecule has 1 N–H and O–H groups in total. The summed E-state index contributed by atoms with van der Waals surface area (Å²) in [6.07, 6.45) is 0.144. The van der Waals surface area contributed by atoms with E-state index in [2.05, 4.69) is 9.71 Å². The molecule has 0 fully saturated rings. The molecule has 0 saturated heterocycles. The number of hydrogen-bond donors (Lipinski definition) is 1. The van der Waals surface area contributed by atoms with Crippen LogP contribution in [0.2, 0.25) is 10.0 Å². The molecule has 3 aromatic carbocycles. The molecule has 39 heavy (non-hydrogen) atoms. The van der Waals surface area contributed by atoms with Crippen LogP contribution in [0.1, 0.15) is 25.2 Å². The fraction of sp³-hybridized carbons (Fsp3) is 0.231. The molecule has 9 nitrogen and oxygen atoms in total. The number of fused-ring (bicyclic) bond motifs is 1. The van der Waals surface area contributed by atoms with Crippen LogP contribution in [0.3, 0.4) is 0 Å². The van der Waals surface area contributed by atoms with Gasteiger partial charge in [-0.05, 0) is 74.0 Å². The summed E-state index contributed by atoms with van der Waals surface area (Å²) in [5, 5.41) is 1.20. The summed E-state index contributed by atoms with van der Waals surface area (Å²) in [7, 11) is -6.38. The molecule has 1 unspecified atom stereocenters. The van der Waals surface area contributed by atoms with Crippen LogP contribution in [0.5, 0.6) is 0 Å². The van der Waals surface area contributed by atoms with Gasteiger partial charge in [-0.25, -0.2) is 26.5 Å². The van der Waals surface area contributed by atoms with Crippen LogP contribution in [0.15, 0.2) is 87.4 Å². The first-order chi connectivity index (χ1) is 18.4. The second kappa shape index (κ2) is 11.7. The first-order valence-corrected chi connectivity index (χ1v) is 15.6. The van der Waals surface area contributed by atoms with Crippen LogP contribution < -0.4 is 10.3 Å². The normalized spacial score (nSPS) is 13.2. The summed E-state index contributed by atoms with van der Waals surface area (Å²) < 4.78 is 57.9. The molecule has 0 spiro atoms. The summed E-state index contributed by atoms with van der Waals surface area (Å²) in [5.74, 6) is 0.248. The van der Waals surface area contributed by atoms with Crippen LogP contribution >= 0.6 is 23.2 Å². The Hall–Kier alpha value is -2.80. The van der Waals surface area contributed by atoms with Crippen molar-refractivity contribution in [1.82, 2.24) is 18.6 Å². The zero-order chi connectivity index (χ0) is 28.4. The van der Waals surface area contributed by atoms with Crippen molar-refractivity contribution in [3.63, 3.8) is 0 Å². The number of rotatable bonds is 10. The third-order valence-corrected chi connectivity index (χ3v) is 10.2. The molecule has 4 rings (SSSR count). The summed E-state index contributed by atoms with van der Waals surface area (Å²) >= 11 is 11.8. The van der Waals surface area contributed by atoms with Crippen LogP contribution in [0.25, 0.3) is 10.9 Å². The molecule has 0 amide bonds. The first kappa shape index (κ1) is 29.2. The maximum absolute atomic E-state index is 13.8. The lowest BCUT2D eigenvalue weighted by molar-refractivity contribution is 0.320. The van der Waals surface area contributed by atoms with Gasteiger partial charge in [0.2, 0.25) is 20.0 Å². The zero-order valence-corrected chi connectivity index (χ0v) is 24.2. The minimum atomic E-state index is -4.09. The van der Waals surface area contributed by atoms with Gasteiger partial charge >= 0.3 is 0 Å². The Morgan fingerprint density at radius 1 is 0.897 bits per heavy atom. The Morgan fingerprint density at radius 2 is 1.46 bits per heavy atom. The van der Waals surface area contributed by atoms with Crippen molar-refractivity contribution < 1.29 is 16.8 Å². The highest BCUT2D eigenvalue weighted by Gasteiger charge is 2.32. The van der Waals surface area contributed by atoms with Gasteiger partial charge < -0.3 is 0 Å². The van der Waals surface area contributed by atoms with E-state index in [-0.39, 0.29) is 40.7 Å². The summed E-state index contributed by atoms with van der Waals surface area (Å²) in [6, 6.07) is 17.4. The number of aromatic nitrogens is 2. The van der Waals surface area contributed by atoms with Crippen molar-refractivity contribution in [3.8, 4) is 0 Å². The summed E-state index contributed by atoms with van der Waals surface area (Å²) in [5.41, 5.74) is 0.143. The molecule has 4 aromatic rings. The van der Waals surface area contributed by atoms with E-state index in [4.69, 9.17) is 23.2 Å². The Labute approximate surface area is 237 Å². The maximum Gasteiger partial charge on any atom is 0.261 e. The quantitative estimate of drug-likeness (QED) is 0.267. The molecule has 1 aromatic heterocycles. The predicted octanol–water partition coefficient (Wildman–Crippen LogP) is 4.36. The van der Waals surface area contributed by atoms with Crippen LogP contribution in [0, 0.1) is 0 Å². The third-order valence-electron chi connectivity index (χ3n) is 6.21. The monoisotopic (exact) mass is 608 g/mol. The number of nitrogens with one attached hydrogen (secondary N) is 1. The number of para-hydroxylation sites is 1. The van der Waals surface area contributed by atoms with Crippen LogP contribution in [-0.2, 0) is 27.1 Å². The van der Waals surface area contributed by atoms with E-state index in [1.807, 2.05) is 0 Å². The Morgan fingerprint density at radius 3 is 2.08 bits per heavy atom. The Kier molecular flexibility index (Phi) is 8.79. The molecule has 13 heteroatoms. The Balaban J connectivity index is 1.64. The van der Waals surface area contributed by atoms with E-state index >= 15 is 0 Å². The van der Waals surface area contributed by atoms with Gasteiger partial charge in [-0.1, -0.05) is 35.3 Å². The molecule has 0 aliphatic heterocycles. The largest absolute Gasteiger partial charge is 0.298 e. The molecule has 206 valence electrons. The molecule has 1 atom stereocenters. The molecule has 0 bridgehead atoms. The number of benzene rings is 3. The number of sulfonamides is 2. The number of hydrogen-bond acceptors (Lipinski definition) is 6. The van der Waals surface area contributed by atoms with E-state index in [1.54, 1.807) is 38.2 Å². The minimum Gasteiger partial charge on any atom is -0.298 e. The molecular weight excluding hydrogens is 583 g/mol. The summed E-state index contributed by atoms with van der Waals surface area (Å²) in [6.45, 7) is 1.55. The highest BCUT2D eigenvalue weighted by Crippen LogP contribution is 2.28. The molecular formula is C26H26Cl2N4O5S2. The molecule has 1 heterocycles. The fourth-order valence-corrected chi connectivity index (χ4v) is 7.10. The van der Waals surface area contributed by atoms with E-state index in [0.717, 1.165) is 0 Å². The number of nitrogens with zero attached hydrogens (tertiary/aromatic N) is 3. The van der Waals surface area contributed by atoms with Crippen molar-refractivity contribution in [3.05, 3.63) is 99.0 Å². The second-order valence-corrected chi connectivity index (χ2v) is 13.3. The van der Waals surface area contributed by atoms with Gasteiger partial charge in [-0.15, -0.1) is 0 Å². The lowest BCUT2D eigenvalue weighted by Crippen LogP contribution is -2.39. The standard InChI is InChI=1S/C26H26Cl2N4O5S2/c1-18(25-30-24-7-4-3-6-23(24)26(33)31(25)2)32(39(36,37)22-14-10-20(28)11-15-22)17-5-16-29-38(34,35)21-12-8-19(27)9-13-21/h3-4,6-15,18,29H,5,16-17H2,1-2H3. The van der Waals surface area contributed by atoms with Crippen LogP contribution in [0.4, 0.5) is 0 Å². The van der Waals surface area contributed by atoms with Gasteiger partial charge in [0.15, 0.2) is 0 Å². The zero-order valence-electron chi connectivity index (χ0n) is 21.1. The second-order valence-electron chi connectivity index (χ2n) is 8.80. The maximum atomic E-state index is 13.8. The van der Waals surface area contributed by atoms with Crippen molar-refractivity contribution in [2.75, 3.05) is 13.1 Å². The molecule has 0 aliphatic carbocycles. The van der Waals surface area contributed by atoms with Crippen molar-refractivity contribution in [2.24, 2.45) is 7.05 Å². The van der Waals surface area contributed by atoms with Gasteiger partial charge in [0.25, 0.3) is 5.56 Å². The molecule has 0 radical (unpaired) electrons. The first-order valence-electron chi connectivity index (χ1n) is 11.9. The minimum absolute atomic E-state index is 0.00582. The van der Waals surface area contributed by atoms with Crippen LogP contribution in [-0.4, -0.2) is 43.8 Å². The van der Waals surface area contributed by atoms with Gasteiger partial charge in [0, 0.05) is 30.2 Å². The van der Waals surface area contributed by atoms with E-state index in [0.29, 0.717) is 20.9 Å². The molecule has 0 saturated carbocycles.